The van der Waals surface area contributed by atoms with E-state index in [4.69, 9.17) is 9.90 Å². The fourth-order valence-corrected chi connectivity index (χ4v) is 2.86. The van der Waals surface area contributed by atoms with Crippen molar-refractivity contribution in [3.05, 3.63) is 35.4 Å². The van der Waals surface area contributed by atoms with Crippen molar-refractivity contribution in [3.63, 3.8) is 0 Å². The number of benzene rings is 1. The molecule has 0 unspecified atom stereocenters. The molecule has 2 saturated heterocycles. The number of rotatable bonds is 2. The number of carbonyl (C=O) groups excluding carboxylic acids is 1. The highest BCUT2D eigenvalue weighted by molar-refractivity contribution is 5.36. The molecule has 3 rings (SSSR count). The van der Waals surface area contributed by atoms with Gasteiger partial charge < -0.3 is 14.7 Å². The first-order valence-corrected chi connectivity index (χ1v) is 8.58. The lowest BCUT2D eigenvalue weighted by Gasteiger charge is -2.11. The van der Waals surface area contributed by atoms with Gasteiger partial charge in [-0.05, 0) is 51.3 Å². The largest absolute Gasteiger partial charge is 0.471 e. The number of methoxy groups -OCH3 is 1. The average molecular weight is 323 g/mol. The highest BCUT2D eigenvalue weighted by atomic mass is 16.5. The van der Waals surface area contributed by atoms with Crippen molar-refractivity contribution >= 4 is 6.47 Å². The van der Waals surface area contributed by atoms with E-state index in [2.05, 4.69) is 9.64 Å². The molecular formula is C19H33NO3. The Labute approximate surface area is 141 Å². The molecule has 0 amide bonds. The first-order valence-electron chi connectivity index (χ1n) is 8.58. The molecule has 0 saturated carbocycles. The maximum atomic E-state index is 8.95. The Hall–Kier alpha value is -1.39. The second-order valence-electron chi connectivity index (χ2n) is 5.45. The Kier molecular flexibility index (Phi) is 13.4. The van der Waals surface area contributed by atoms with Gasteiger partial charge in [0, 0.05) is 6.04 Å². The summed E-state index contributed by atoms with van der Waals surface area (Å²) in [7, 11) is 1.31. The molecule has 0 bridgehead atoms. The van der Waals surface area contributed by atoms with Crippen LogP contribution in [0.2, 0.25) is 0 Å². The van der Waals surface area contributed by atoms with Gasteiger partial charge in [0.15, 0.2) is 0 Å². The smallest absolute Gasteiger partial charge is 0.292 e. The summed E-state index contributed by atoms with van der Waals surface area (Å²) in [4.78, 5) is 11.6. The summed E-state index contributed by atoms with van der Waals surface area (Å²) in [6.45, 7) is 9.32. The van der Waals surface area contributed by atoms with Crippen molar-refractivity contribution in [3.8, 4) is 0 Å². The maximum absolute atomic E-state index is 8.95. The van der Waals surface area contributed by atoms with Crippen LogP contribution in [0.25, 0.3) is 0 Å². The molecule has 1 N–H and O–H groups in total. The Morgan fingerprint density at radius 3 is 2.17 bits per heavy atom. The van der Waals surface area contributed by atoms with E-state index in [0.717, 1.165) is 11.6 Å². The van der Waals surface area contributed by atoms with E-state index in [-0.39, 0.29) is 6.61 Å². The van der Waals surface area contributed by atoms with Crippen LogP contribution in [0.1, 0.15) is 50.7 Å². The molecule has 0 aliphatic carbocycles. The molecule has 4 heteroatoms. The number of fused-ring (bicyclic) bond motifs is 1. The van der Waals surface area contributed by atoms with Gasteiger partial charge in [0.1, 0.15) is 0 Å². The van der Waals surface area contributed by atoms with E-state index in [9.17, 15) is 0 Å². The second kappa shape index (κ2) is 14.2. The summed E-state index contributed by atoms with van der Waals surface area (Å²) in [5.74, 6) is 0. The maximum Gasteiger partial charge on any atom is 0.292 e. The lowest BCUT2D eigenvalue weighted by Crippen LogP contribution is -2.21. The van der Waals surface area contributed by atoms with Crippen LogP contribution in [0.4, 0.5) is 0 Å². The SMILES string of the molecule is C1CC2CCCN2C1.CC.COC=O.Cc1cccc(CO)c1. The third kappa shape index (κ3) is 9.36. The zero-order valence-electron chi connectivity index (χ0n) is 15.1. The second-order valence-corrected chi connectivity index (χ2v) is 5.45. The lowest BCUT2D eigenvalue weighted by atomic mass is 10.1. The van der Waals surface area contributed by atoms with E-state index in [1.54, 1.807) is 0 Å². The van der Waals surface area contributed by atoms with Crippen molar-refractivity contribution in [2.75, 3.05) is 20.2 Å². The van der Waals surface area contributed by atoms with E-state index in [1.165, 1.54) is 51.4 Å². The number of carbonyl (C=O) groups is 1. The van der Waals surface area contributed by atoms with E-state index >= 15 is 0 Å². The number of ether oxygens (including phenoxy) is 1. The minimum atomic E-state index is 0.141. The predicted molar refractivity (Wildman–Crippen MR) is 95.4 cm³/mol. The van der Waals surface area contributed by atoms with Gasteiger partial charge in [-0.15, -0.1) is 0 Å². The number of nitrogens with zero attached hydrogens (tertiary/aromatic N) is 1. The number of aliphatic hydroxyl groups excluding tert-OH is 1. The van der Waals surface area contributed by atoms with Crippen LogP contribution in [0, 0.1) is 6.92 Å². The summed E-state index contributed by atoms with van der Waals surface area (Å²) in [5.41, 5.74) is 2.18. The van der Waals surface area contributed by atoms with Crippen molar-refractivity contribution in [1.29, 1.82) is 0 Å². The third-order valence-corrected chi connectivity index (χ3v) is 3.84. The van der Waals surface area contributed by atoms with Crippen LogP contribution in [0.5, 0.6) is 0 Å². The molecule has 2 aliphatic rings. The van der Waals surface area contributed by atoms with Crippen LogP contribution >= 0.6 is 0 Å². The normalized spacial score (nSPS) is 15.9. The highest BCUT2D eigenvalue weighted by Crippen LogP contribution is 2.26. The minimum absolute atomic E-state index is 0.141. The molecular weight excluding hydrogens is 290 g/mol. The van der Waals surface area contributed by atoms with Gasteiger partial charge in [-0.25, -0.2) is 0 Å². The zero-order chi connectivity index (χ0) is 17.5. The fourth-order valence-electron chi connectivity index (χ4n) is 2.86. The molecule has 1 aromatic rings. The number of hydrogen-bond acceptors (Lipinski definition) is 4. The quantitative estimate of drug-likeness (QED) is 0.846. The van der Waals surface area contributed by atoms with Crippen LogP contribution in [0.15, 0.2) is 24.3 Å². The molecule has 4 nitrogen and oxygen atoms in total. The molecule has 2 aliphatic heterocycles. The van der Waals surface area contributed by atoms with Crippen LogP contribution in [-0.4, -0.2) is 42.7 Å². The summed E-state index contributed by atoms with van der Waals surface area (Å²) in [6, 6.07) is 8.85. The molecule has 0 atom stereocenters. The Balaban J connectivity index is 0.000000319. The van der Waals surface area contributed by atoms with Gasteiger partial charge in [0.2, 0.25) is 0 Å². The summed E-state index contributed by atoms with van der Waals surface area (Å²) >= 11 is 0. The molecule has 2 heterocycles. The van der Waals surface area contributed by atoms with E-state index in [1.807, 2.05) is 45.0 Å². The van der Waals surface area contributed by atoms with Gasteiger partial charge in [-0.1, -0.05) is 43.7 Å². The minimum Gasteiger partial charge on any atom is -0.471 e. The number of aryl methyl sites for hydroxylation is 1. The molecule has 0 aromatic heterocycles. The van der Waals surface area contributed by atoms with Crippen molar-refractivity contribution in [2.24, 2.45) is 0 Å². The monoisotopic (exact) mass is 323 g/mol. The van der Waals surface area contributed by atoms with Gasteiger partial charge in [0.25, 0.3) is 6.47 Å². The fraction of sp³-hybridized carbons (Fsp3) is 0.632. The first-order chi connectivity index (χ1) is 11.2. The third-order valence-electron chi connectivity index (χ3n) is 3.84. The van der Waals surface area contributed by atoms with E-state index < -0.39 is 0 Å². The average Bonchev–Trinajstić information content (AvgIpc) is 3.22. The van der Waals surface area contributed by atoms with Crippen molar-refractivity contribution in [1.82, 2.24) is 4.90 Å². The first kappa shape index (κ1) is 21.6. The van der Waals surface area contributed by atoms with Gasteiger partial charge >= 0.3 is 0 Å². The molecule has 1 aromatic carbocycles. The summed E-state index contributed by atoms with van der Waals surface area (Å²) < 4.78 is 3.86. The highest BCUT2D eigenvalue weighted by Gasteiger charge is 2.27. The van der Waals surface area contributed by atoms with Crippen LogP contribution < -0.4 is 0 Å². The Bertz CT molecular complexity index is 389. The van der Waals surface area contributed by atoms with Gasteiger partial charge in [-0.3, -0.25) is 4.79 Å². The van der Waals surface area contributed by atoms with Gasteiger partial charge in [-0.2, -0.15) is 0 Å². The predicted octanol–water partition coefficient (Wildman–Crippen LogP) is 3.55. The standard InChI is InChI=1S/C8H10O.C7H13N.C2H4O2.C2H6/c1-7-3-2-4-8(5-7)6-9;1-3-7-4-2-6-8(7)5-1;1-4-2-3;1-2/h2-5,9H,6H2,1H3;7H,1-6H2;2H,1H3;1-2H3. The number of aliphatic hydroxyl groups is 1. The van der Waals surface area contributed by atoms with Crippen LogP contribution in [-0.2, 0) is 16.1 Å². The topological polar surface area (TPSA) is 49.8 Å². The Morgan fingerprint density at radius 1 is 1.26 bits per heavy atom. The molecule has 0 radical (unpaired) electrons. The van der Waals surface area contributed by atoms with E-state index in [0.29, 0.717) is 6.47 Å². The molecule has 2 fully saturated rings. The summed E-state index contributed by atoms with van der Waals surface area (Å²) in [5, 5.41) is 8.66. The van der Waals surface area contributed by atoms with Gasteiger partial charge in [0.05, 0.1) is 13.7 Å². The summed E-state index contributed by atoms with van der Waals surface area (Å²) in [6.07, 6.45) is 5.90. The van der Waals surface area contributed by atoms with Crippen molar-refractivity contribution < 1.29 is 14.6 Å². The Morgan fingerprint density at radius 2 is 1.83 bits per heavy atom. The molecule has 132 valence electrons. The van der Waals surface area contributed by atoms with Crippen LogP contribution in [0.3, 0.4) is 0 Å². The lowest BCUT2D eigenvalue weighted by molar-refractivity contribution is -0.126. The zero-order valence-corrected chi connectivity index (χ0v) is 15.1. The molecule has 23 heavy (non-hydrogen) atoms. The number of hydrogen-bond donors (Lipinski definition) is 1. The molecule has 0 spiro atoms. The van der Waals surface area contributed by atoms with Crippen molar-refractivity contribution in [2.45, 2.75) is 59.1 Å².